The highest BCUT2D eigenvalue weighted by molar-refractivity contribution is 5.76. The molecule has 0 saturated carbocycles. The summed E-state index contributed by atoms with van der Waals surface area (Å²) in [7, 11) is 0. The fourth-order valence-electron chi connectivity index (χ4n) is 1.66. The molecule has 0 aliphatic heterocycles. The maximum absolute atomic E-state index is 11.5. The third kappa shape index (κ3) is 8.43. The molecule has 2 atom stereocenters. The van der Waals surface area contributed by atoms with Crippen molar-refractivity contribution in [2.24, 2.45) is 11.7 Å². The Morgan fingerprint density at radius 3 is 2.47 bits per heavy atom. The van der Waals surface area contributed by atoms with Crippen LogP contribution in [0.2, 0.25) is 0 Å². The topological polar surface area (TPSA) is 55.1 Å². The third-order valence-corrected chi connectivity index (χ3v) is 2.65. The van der Waals surface area contributed by atoms with Gasteiger partial charge < -0.3 is 11.1 Å². The van der Waals surface area contributed by atoms with Gasteiger partial charge in [-0.25, -0.2) is 0 Å². The molecule has 0 aliphatic carbocycles. The number of nitrogens with one attached hydrogen (secondary N) is 1. The van der Waals surface area contributed by atoms with Crippen LogP contribution in [0.1, 0.15) is 52.9 Å². The molecule has 0 aliphatic rings. The number of hydrogen-bond donors (Lipinski definition) is 2. The molecular formula is C12H26N2O. The van der Waals surface area contributed by atoms with Crippen molar-refractivity contribution >= 4 is 5.91 Å². The maximum Gasteiger partial charge on any atom is 0.220 e. The van der Waals surface area contributed by atoms with Gasteiger partial charge in [0.15, 0.2) is 0 Å². The van der Waals surface area contributed by atoms with Crippen LogP contribution in [0.25, 0.3) is 0 Å². The lowest BCUT2D eigenvalue weighted by atomic mass is 10.0. The fourth-order valence-corrected chi connectivity index (χ4v) is 1.66. The zero-order valence-electron chi connectivity index (χ0n) is 10.4. The molecule has 3 N–H and O–H groups in total. The molecule has 0 rings (SSSR count). The highest BCUT2D eigenvalue weighted by Gasteiger charge is 2.08. The maximum atomic E-state index is 11.5. The number of nitrogens with two attached hydrogens (primary N) is 1. The molecule has 0 radical (unpaired) electrons. The van der Waals surface area contributed by atoms with E-state index >= 15 is 0 Å². The molecule has 2 unspecified atom stereocenters. The normalized spacial score (nSPS) is 14.7. The second-order valence-corrected chi connectivity index (χ2v) is 4.48. The summed E-state index contributed by atoms with van der Waals surface area (Å²) < 4.78 is 0. The highest BCUT2D eigenvalue weighted by atomic mass is 16.1. The van der Waals surface area contributed by atoms with E-state index in [0.717, 1.165) is 32.2 Å². The standard InChI is InChI=1S/C12H26N2O/c1-4-5-11(3)14-12(15)7-6-10(2)8-9-13/h10-11H,4-9,13H2,1-3H3,(H,14,15). The van der Waals surface area contributed by atoms with Gasteiger partial charge in [-0.05, 0) is 38.6 Å². The van der Waals surface area contributed by atoms with Gasteiger partial charge in [0.05, 0.1) is 0 Å². The minimum Gasteiger partial charge on any atom is -0.354 e. The lowest BCUT2D eigenvalue weighted by Crippen LogP contribution is -2.32. The smallest absolute Gasteiger partial charge is 0.220 e. The number of rotatable bonds is 8. The second kappa shape index (κ2) is 8.72. The van der Waals surface area contributed by atoms with Crippen LogP contribution >= 0.6 is 0 Å². The first-order valence-electron chi connectivity index (χ1n) is 6.09. The summed E-state index contributed by atoms with van der Waals surface area (Å²) in [5.74, 6) is 0.738. The van der Waals surface area contributed by atoms with Crippen molar-refractivity contribution in [3.05, 3.63) is 0 Å². The molecule has 0 bridgehead atoms. The van der Waals surface area contributed by atoms with E-state index in [1.54, 1.807) is 0 Å². The van der Waals surface area contributed by atoms with E-state index in [9.17, 15) is 4.79 Å². The Bertz CT molecular complexity index is 171. The molecule has 15 heavy (non-hydrogen) atoms. The quantitative estimate of drug-likeness (QED) is 0.650. The first kappa shape index (κ1) is 14.4. The summed E-state index contributed by atoms with van der Waals surface area (Å²) in [6.45, 7) is 7.06. The molecule has 90 valence electrons. The van der Waals surface area contributed by atoms with Crippen LogP contribution in [-0.4, -0.2) is 18.5 Å². The van der Waals surface area contributed by atoms with Crippen molar-refractivity contribution in [1.29, 1.82) is 0 Å². The van der Waals surface area contributed by atoms with Crippen molar-refractivity contribution in [3.8, 4) is 0 Å². The van der Waals surface area contributed by atoms with Gasteiger partial charge in [0, 0.05) is 12.5 Å². The molecule has 0 aromatic heterocycles. The van der Waals surface area contributed by atoms with E-state index < -0.39 is 0 Å². The predicted molar refractivity (Wildman–Crippen MR) is 64.6 cm³/mol. The van der Waals surface area contributed by atoms with E-state index in [4.69, 9.17) is 5.73 Å². The van der Waals surface area contributed by atoms with Crippen LogP contribution < -0.4 is 11.1 Å². The van der Waals surface area contributed by atoms with Crippen molar-refractivity contribution in [2.75, 3.05) is 6.54 Å². The zero-order chi connectivity index (χ0) is 11.7. The van der Waals surface area contributed by atoms with Crippen LogP contribution in [-0.2, 0) is 4.79 Å². The van der Waals surface area contributed by atoms with Crippen LogP contribution in [0.5, 0.6) is 0 Å². The van der Waals surface area contributed by atoms with E-state index in [0.29, 0.717) is 18.4 Å². The summed E-state index contributed by atoms with van der Waals surface area (Å²) in [6, 6.07) is 0.312. The van der Waals surface area contributed by atoms with E-state index in [1.165, 1.54) is 0 Å². The van der Waals surface area contributed by atoms with Crippen LogP contribution in [0.4, 0.5) is 0 Å². The van der Waals surface area contributed by atoms with Crippen LogP contribution in [0, 0.1) is 5.92 Å². The molecule has 0 spiro atoms. The predicted octanol–water partition coefficient (Wildman–Crippen LogP) is 2.06. The van der Waals surface area contributed by atoms with Crippen LogP contribution in [0.3, 0.4) is 0 Å². The van der Waals surface area contributed by atoms with Gasteiger partial charge in [-0.3, -0.25) is 4.79 Å². The summed E-state index contributed by atoms with van der Waals surface area (Å²) >= 11 is 0. The minimum absolute atomic E-state index is 0.180. The van der Waals surface area contributed by atoms with Gasteiger partial charge in [-0.15, -0.1) is 0 Å². The first-order valence-corrected chi connectivity index (χ1v) is 6.09. The minimum atomic E-state index is 0.180. The van der Waals surface area contributed by atoms with Crippen molar-refractivity contribution in [3.63, 3.8) is 0 Å². The Labute approximate surface area is 93.8 Å². The van der Waals surface area contributed by atoms with E-state index in [1.807, 2.05) is 0 Å². The summed E-state index contributed by atoms with van der Waals surface area (Å²) in [4.78, 5) is 11.5. The number of amides is 1. The van der Waals surface area contributed by atoms with Crippen LogP contribution in [0.15, 0.2) is 0 Å². The number of hydrogen-bond acceptors (Lipinski definition) is 2. The SMILES string of the molecule is CCCC(C)NC(=O)CCC(C)CCN. The summed E-state index contributed by atoms with van der Waals surface area (Å²) in [5.41, 5.74) is 5.46. The molecule has 0 fully saturated rings. The number of carbonyl (C=O) groups excluding carboxylic acids is 1. The molecular weight excluding hydrogens is 188 g/mol. The van der Waals surface area contributed by atoms with Crippen molar-refractivity contribution in [2.45, 2.75) is 58.9 Å². The Balaban J connectivity index is 3.56. The molecule has 3 nitrogen and oxygen atoms in total. The van der Waals surface area contributed by atoms with Gasteiger partial charge in [0.2, 0.25) is 5.91 Å². The Morgan fingerprint density at radius 1 is 1.27 bits per heavy atom. The molecule has 0 aromatic rings. The highest BCUT2D eigenvalue weighted by Crippen LogP contribution is 2.09. The van der Waals surface area contributed by atoms with Gasteiger partial charge in [-0.2, -0.15) is 0 Å². The van der Waals surface area contributed by atoms with Gasteiger partial charge in [0.25, 0.3) is 0 Å². The van der Waals surface area contributed by atoms with Crippen molar-refractivity contribution in [1.82, 2.24) is 5.32 Å². The molecule has 0 heterocycles. The average Bonchev–Trinajstić information content (AvgIpc) is 2.15. The van der Waals surface area contributed by atoms with Gasteiger partial charge in [0.1, 0.15) is 0 Å². The summed E-state index contributed by atoms with van der Waals surface area (Å²) in [6.07, 6.45) is 4.77. The molecule has 3 heteroatoms. The monoisotopic (exact) mass is 214 g/mol. The second-order valence-electron chi connectivity index (χ2n) is 4.48. The summed E-state index contributed by atoms with van der Waals surface area (Å²) in [5, 5.41) is 3.01. The zero-order valence-corrected chi connectivity index (χ0v) is 10.4. The van der Waals surface area contributed by atoms with Gasteiger partial charge in [-0.1, -0.05) is 20.3 Å². The lowest BCUT2D eigenvalue weighted by molar-refractivity contribution is -0.122. The van der Waals surface area contributed by atoms with E-state index in [-0.39, 0.29) is 5.91 Å². The largest absolute Gasteiger partial charge is 0.354 e. The van der Waals surface area contributed by atoms with Gasteiger partial charge >= 0.3 is 0 Å². The first-order chi connectivity index (χ1) is 7.10. The fraction of sp³-hybridized carbons (Fsp3) is 0.917. The third-order valence-electron chi connectivity index (χ3n) is 2.65. The average molecular weight is 214 g/mol. The Hall–Kier alpha value is -0.570. The van der Waals surface area contributed by atoms with E-state index in [2.05, 4.69) is 26.1 Å². The Kier molecular flexibility index (Phi) is 8.38. The Morgan fingerprint density at radius 2 is 1.93 bits per heavy atom. The molecule has 0 saturated heterocycles. The number of carbonyl (C=O) groups is 1. The van der Waals surface area contributed by atoms with Crippen molar-refractivity contribution < 1.29 is 4.79 Å². The lowest BCUT2D eigenvalue weighted by Gasteiger charge is -2.14. The molecule has 1 amide bonds. The molecule has 0 aromatic carbocycles.